The number of nitrogens with zero attached hydrogens (tertiary/aromatic N) is 3. The molecule has 3 aromatic carbocycles. The van der Waals surface area contributed by atoms with Crippen LogP contribution in [0.2, 0.25) is 0 Å². The van der Waals surface area contributed by atoms with Gasteiger partial charge in [-0.3, -0.25) is 0 Å². The fraction of sp³-hybridized carbons (Fsp3) is 0.323. The number of carbonyl (C=O) groups is 1. The maximum atomic E-state index is 14.4. The first-order chi connectivity index (χ1) is 20.0. The lowest BCUT2D eigenvalue weighted by molar-refractivity contribution is 0.100. The first-order valence-electron chi connectivity index (χ1n) is 13.6. The van der Waals surface area contributed by atoms with Gasteiger partial charge < -0.3 is 29.6 Å². The number of aromatic nitrogens is 2. The molecule has 2 unspecified atom stereocenters. The van der Waals surface area contributed by atoms with E-state index in [0.29, 0.717) is 59.9 Å². The molecule has 2 atom stereocenters. The van der Waals surface area contributed by atoms with E-state index in [2.05, 4.69) is 9.97 Å². The molecule has 2 N–H and O–H groups in total. The summed E-state index contributed by atoms with van der Waals surface area (Å²) in [4.78, 5) is 23.0. The first-order valence-corrected chi connectivity index (χ1v) is 13.6. The Bertz CT molecular complexity index is 1540. The molecule has 1 saturated carbocycles. The Hall–Kier alpha value is -4.60. The summed E-state index contributed by atoms with van der Waals surface area (Å²) in [6.45, 7) is 2.23. The lowest BCUT2D eigenvalue weighted by Crippen LogP contribution is -2.30. The zero-order valence-corrected chi connectivity index (χ0v) is 22.7. The van der Waals surface area contributed by atoms with Gasteiger partial charge in [0, 0.05) is 19.2 Å². The summed E-state index contributed by atoms with van der Waals surface area (Å²) in [6.07, 6.45) is 3.07. The Labute approximate surface area is 237 Å². The predicted molar refractivity (Wildman–Crippen MR) is 150 cm³/mol. The van der Waals surface area contributed by atoms with E-state index < -0.39 is 5.82 Å². The van der Waals surface area contributed by atoms with Crippen LogP contribution >= 0.6 is 0 Å². The minimum absolute atomic E-state index is 0.0131. The minimum atomic E-state index is -0.653. The quantitative estimate of drug-likeness (QED) is 0.269. The van der Waals surface area contributed by atoms with E-state index in [-0.39, 0.29) is 30.0 Å². The van der Waals surface area contributed by atoms with Gasteiger partial charge in [0.2, 0.25) is 5.88 Å². The Morgan fingerprint density at radius 2 is 1.78 bits per heavy atom. The molecule has 0 spiro atoms. The molecule has 212 valence electrons. The van der Waals surface area contributed by atoms with E-state index >= 15 is 0 Å². The fourth-order valence-corrected chi connectivity index (χ4v) is 5.83. The Morgan fingerprint density at radius 3 is 2.54 bits per heavy atom. The average Bonchev–Trinajstić information content (AvgIpc) is 3.57. The summed E-state index contributed by atoms with van der Waals surface area (Å²) in [6, 6.07) is 17.8. The van der Waals surface area contributed by atoms with Crippen LogP contribution in [-0.2, 0) is 11.3 Å². The van der Waals surface area contributed by atoms with Gasteiger partial charge in [0.15, 0.2) is 23.1 Å². The zero-order valence-electron chi connectivity index (χ0n) is 22.7. The molecule has 10 heteroatoms. The van der Waals surface area contributed by atoms with Crippen molar-refractivity contribution >= 4 is 22.7 Å². The van der Waals surface area contributed by atoms with Crippen LogP contribution in [0.15, 0.2) is 67.0 Å². The van der Waals surface area contributed by atoms with Crippen molar-refractivity contribution in [2.75, 3.05) is 32.5 Å². The van der Waals surface area contributed by atoms with Crippen molar-refractivity contribution in [3.63, 3.8) is 0 Å². The van der Waals surface area contributed by atoms with Gasteiger partial charge in [0.1, 0.15) is 12.9 Å². The molecule has 1 aliphatic carbocycles. The largest absolute Gasteiger partial charge is 0.493 e. The van der Waals surface area contributed by atoms with Gasteiger partial charge in [-0.1, -0.05) is 36.4 Å². The van der Waals surface area contributed by atoms with Crippen LogP contribution in [0.3, 0.4) is 0 Å². The van der Waals surface area contributed by atoms with Crippen LogP contribution in [0, 0.1) is 23.6 Å². The predicted octanol–water partition coefficient (Wildman–Crippen LogP) is 5.83. The van der Waals surface area contributed by atoms with Crippen LogP contribution in [0.4, 0.5) is 14.9 Å². The zero-order chi connectivity index (χ0) is 28.3. The standard InChI is InChI=1S/C31H31FN4O5/c1-38-27-12-23-25(34-18-35-30(23)41-26-9-5-8-24(33)29(26)32)13-28(27)39-17-20-10-21-14-36(15-22(21)11-20)31(37)40-16-19-6-3-2-4-7-19/h2-9,12-13,18,20-22H,10-11,14-17,33H2,1H3. The summed E-state index contributed by atoms with van der Waals surface area (Å²) in [5.41, 5.74) is 7.21. The number of likely N-dealkylation sites (tertiary alicyclic amines) is 1. The second-order valence-electron chi connectivity index (χ2n) is 10.6. The molecule has 1 amide bonds. The number of hydrogen-bond acceptors (Lipinski definition) is 8. The van der Waals surface area contributed by atoms with Crippen molar-refractivity contribution in [1.82, 2.24) is 14.9 Å². The number of hydrogen-bond donors (Lipinski definition) is 1. The number of nitrogen functional groups attached to an aromatic ring is 1. The number of benzene rings is 3. The van der Waals surface area contributed by atoms with Crippen molar-refractivity contribution in [3.8, 4) is 23.1 Å². The number of ether oxygens (including phenoxy) is 4. The average molecular weight is 559 g/mol. The number of carbonyl (C=O) groups excluding carboxylic acids is 1. The Kier molecular flexibility index (Phi) is 7.45. The second-order valence-corrected chi connectivity index (χ2v) is 10.6. The van der Waals surface area contributed by atoms with E-state index in [1.54, 1.807) is 25.3 Å². The smallest absolute Gasteiger partial charge is 0.410 e. The number of anilines is 1. The summed E-state index contributed by atoms with van der Waals surface area (Å²) in [5.74, 6) is 1.79. The van der Waals surface area contributed by atoms with E-state index in [9.17, 15) is 9.18 Å². The van der Waals surface area contributed by atoms with Crippen molar-refractivity contribution < 1.29 is 28.1 Å². The van der Waals surface area contributed by atoms with Gasteiger partial charge in [-0.2, -0.15) is 0 Å². The molecule has 0 bridgehead atoms. The van der Waals surface area contributed by atoms with Gasteiger partial charge >= 0.3 is 6.09 Å². The Balaban J connectivity index is 1.07. The lowest BCUT2D eigenvalue weighted by Gasteiger charge is -2.20. The van der Waals surface area contributed by atoms with Crippen LogP contribution in [-0.4, -0.2) is 47.8 Å². The highest BCUT2D eigenvalue weighted by Gasteiger charge is 2.43. The number of methoxy groups -OCH3 is 1. The van der Waals surface area contributed by atoms with Gasteiger partial charge in [-0.25, -0.2) is 19.2 Å². The third-order valence-corrected chi connectivity index (χ3v) is 7.87. The molecule has 1 aliphatic heterocycles. The molecule has 0 radical (unpaired) electrons. The number of amides is 1. The highest BCUT2D eigenvalue weighted by atomic mass is 19.1. The van der Waals surface area contributed by atoms with E-state index in [4.69, 9.17) is 24.7 Å². The number of halogens is 1. The summed E-state index contributed by atoms with van der Waals surface area (Å²) in [5, 5.41) is 0.549. The Morgan fingerprint density at radius 1 is 1.00 bits per heavy atom. The molecule has 4 aromatic rings. The monoisotopic (exact) mass is 558 g/mol. The highest BCUT2D eigenvalue weighted by Crippen LogP contribution is 2.43. The van der Waals surface area contributed by atoms with Crippen molar-refractivity contribution in [2.45, 2.75) is 19.4 Å². The molecule has 1 aromatic heterocycles. The molecule has 9 nitrogen and oxygen atoms in total. The van der Waals surface area contributed by atoms with Crippen LogP contribution < -0.4 is 19.9 Å². The van der Waals surface area contributed by atoms with E-state index in [1.165, 1.54) is 18.5 Å². The van der Waals surface area contributed by atoms with Crippen LogP contribution in [0.1, 0.15) is 18.4 Å². The van der Waals surface area contributed by atoms with Gasteiger partial charge in [0.05, 0.1) is 30.3 Å². The van der Waals surface area contributed by atoms with Gasteiger partial charge in [-0.15, -0.1) is 0 Å². The molecular formula is C31H31FN4O5. The topological polar surface area (TPSA) is 109 Å². The normalized spacial score (nSPS) is 19.7. The van der Waals surface area contributed by atoms with Gasteiger partial charge in [0.25, 0.3) is 0 Å². The third-order valence-electron chi connectivity index (χ3n) is 7.87. The molecular weight excluding hydrogens is 527 g/mol. The summed E-state index contributed by atoms with van der Waals surface area (Å²) < 4.78 is 37.5. The third kappa shape index (κ3) is 5.68. The fourth-order valence-electron chi connectivity index (χ4n) is 5.83. The number of rotatable bonds is 8. The van der Waals surface area contributed by atoms with Crippen molar-refractivity contribution in [3.05, 3.63) is 78.4 Å². The van der Waals surface area contributed by atoms with E-state index in [1.807, 2.05) is 35.2 Å². The maximum Gasteiger partial charge on any atom is 0.410 e. The molecule has 2 aliphatic rings. The molecule has 1 saturated heterocycles. The molecule has 6 rings (SSSR count). The molecule has 2 fully saturated rings. The van der Waals surface area contributed by atoms with Crippen molar-refractivity contribution in [1.29, 1.82) is 0 Å². The number of nitrogens with two attached hydrogens (primary N) is 1. The SMILES string of the molecule is COc1cc2c(Oc3cccc(N)c3F)ncnc2cc1OCC1CC2CN(C(=O)OCc3ccccc3)CC2C1. The first kappa shape index (κ1) is 26.6. The summed E-state index contributed by atoms with van der Waals surface area (Å²) in [7, 11) is 1.56. The van der Waals surface area contributed by atoms with Crippen LogP contribution in [0.25, 0.3) is 10.9 Å². The van der Waals surface area contributed by atoms with Crippen LogP contribution in [0.5, 0.6) is 23.1 Å². The lowest BCUT2D eigenvalue weighted by atomic mass is 10.0. The highest BCUT2D eigenvalue weighted by molar-refractivity contribution is 5.87. The summed E-state index contributed by atoms with van der Waals surface area (Å²) >= 11 is 0. The van der Waals surface area contributed by atoms with Gasteiger partial charge in [-0.05, 0) is 54.4 Å². The van der Waals surface area contributed by atoms with E-state index in [0.717, 1.165) is 18.4 Å². The molecule has 41 heavy (non-hydrogen) atoms. The molecule has 2 heterocycles. The maximum absolute atomic E-state index is 14.4. The number of fused-ring (bicyclic) bond motifs is 2. The minimum Gasteiger partial charge on any atom is -0.493 e. The second kappa shape index (κ2) is 11.5. The van der Waals surface area contributed by atoms with Crippen molar-refractivity contribution in [2.24, 2.45) is 17.8 Å².